The Morgan fingerprint density at radius 1 is 1.12 bits per heavy atom. The Morgan fingerprint density at radius 3 is 2.56 bits per heavy atom. The standard InChI is InChI=1S/C18H25N3O4/c1-13(22)19-10-14-6-8-21(9-7-14)18(23)20-11-15-12-24-16-4-2-3-5-17(16)25-15/h2-5,14-15H,6-12H2,1H3,(H,19,22)(H,20,23). The number of fused-ring (bicyclic) bond motifs is 1. The molecule has 7 nitrogen and oxygen atoms in total. The predicted octanol–water partition coefficient (Wildman–Crippen LogP) is 1.38. The lowest BCUT2D eigenvalue weighted by molar-refractivity contribution is -0.119. The van der Waals surface area contributed by atoms with E-state index in [1.54, 1.807) is 0 Å². The van der Waals surface area contributed by atoms with Crippen molar-refractivity contribution in [2.75, 3.05) is 32.8 Å². The largest absolute Gasteiger partial charge is 0.486 e. The fraction of sp³-hybridized carbons (Fsp3) is 0.556. The number of piperidine rings is 1. The molecule has 1 atom stereocenters. The molecule has 7 heteroatoms. The summed E-state index contributed by atoms with van der Waals surface area (Å²) in [6.07, 6.45) is 1.63. The van der Waals surface area contributed by atoms with E-state index < -0.39 is 0 Å². The molecule has 0 bridgehead atoms. The minimum atomic E-state index is -0.184. The van der Waals surface area contributed by atoms with E-state index in [4.69, 9.17) is 9.47 Å². The summed E-state index contributed by atoms with van der Waals surface area (Å²) in [7, 11) is 0. The maximum absolute atomic E-state index is 12.3. The zero-order chi connectivity index (χ0) is 17.6. The normalized spacial score (nSPS) is 20.0. The van der Waals surface area contributed by atoms with Crippen LogP contribution in [-0.4, -0.2) is 55.7 Å². The number of hydrogen-bond acceptors (Lipinski definition) is 4. The van der Waals surface area contributed by atoms with Crippen molar-refractivity contribution in [1.29, 1.82) is 0 Å². The number of rotatable bonds is 4. The average Bonchev–Trinajstić information content (AvgIpc) is 2.64. The van der Waals surface area contributed by atoms with Crippen molar-refractivity contribution >= 4 is 11.9 Å². The summed E-state index contributed by atoms with van der Waals surface area (Å²) in [5.41, 5.74) is 0. The van der Waals surface area contributed by atoms with Crippen molar-refractivity contribution in [1.82, 2.24) is 15.5 Å². The Labute approximate surface area is 147 Å². The first kappa shape index (κ1) is 17.4. The van der Waals surface area contributed by atoms with Crippen molar-refractivity contribution in [3.05, 3.63) is 24.3 Å². The molecule has 0 aromatic heterocycles. The Balaban J connectivity index is 1.38. The highest BCUT2D eigenvalue weighted by Gasteiger charge is 2.25. The number of carbonyl (C=O) groups is 2. The number of urea groups is 1. The van der Waals surface area contributed by atoms with Gasteiger partial charge in [-0.25, -0.2) is 4.79 Å². The number of nitrogens with one attached hydrogen (secondary N) is 2. The first-order valence-electron chi connectivity index (χ1n) is 8.77. The van der Waals surface area contributed by atoms with E-state index in [1.165, 1.54) is 6.92 Å². The molecule has 0 radical (unpaired) electrons. The molecule has 1 aromatic rings. The molecule has 3 rings (SSSR count). The molecule has 0 aliphatic carbocycles. The summed E-state index contributed by atoms with van der Waals surface area (Å²) in [6.45, 7) is 4.48. The van der Waals surface area contributed by atoms with Gasteiger partial charge in [0.2, 0.25) is 5.91 Å². The van der Waals surface area contributed by atoms with Crippen molar-refractivity contribution in [2.45, 2.75) is 25.9 Å². The Hall–Kier alpha value is -2.44. The van der Waals surface area contributed by atoms with Gasteiger partial charge in [-0.3, -0.25) is 4.79 Å². The molecule has 1 saturated heterocycles. The predicted molar refractivity (Wildman–Crippen MR) is 92.7 cm³/mol. The van der Waals surface area contributed by atoms with Gasteiger partial charge >= 0.3 is 6.03 Å². The fourth-order valence-corrected chi connectivity index (χ4v) is 3.10. The van der Waals surface area contributed by atoms with Gasteiger partial charge < -0.3 is 25.0 Å². The van der Waals surface area contributed by atoms with Crippen LogP contribution in [0.4, 0.5) is 4.79 Å². The van der Waals surface area contributed by atoms with Crippen molar-refractivity contribution < 1.29 is 19.1 Å². The molecule has 25 heavy (non-hydrogen) atoms. The second-order valence-electron chi connectivity index (χ2n) is 6.55. The average molecular weight is 347 g/mol. The van der Waals surface area contributed by atoms with E-state index >= 15 is 0 Å². The summed E-state index contributed by atoms with van der Waals surface area (Å²) in [5, 5.41) is 5.78. The Morgan fingerprint density at radius 2 is 1.84 bits per heavy atom. The molecule has 2 aliphatic rings. The molecule has 1 unspecified atom stereocenters. The summed E-state index contributed by atoms with van der Waals surface area (Å²) < 4.78 is 11.5. The molecule has 136 valence electrons. The minimum Gasteiger partial charge on any atom is -0.486 e. The summed E-state index contributed by atoms with van der Waals surface area (Å²) in [6, 6.07) is 7.47. The number of benzene rings is 1. The minimum absolute atomic E-state index is 0.00329. The van der Waals surface area contributed by atoms with Crippen LogP contribution in [0.15, 0.2) is 24.3 Å². The van der Waals surface area contributed by atoms with Crippen LogP contribution in [0.3, 0.4) is 0 Å². The number of ether oxygens (including phenoxy) is 2. The van der Waals surface area contributed by atoms with Gasteiger partial charge in [0.05, 0.1) is 6.54 Å². The number of para-hydroxylation sites is 2. The summed E-state index contributed by atoms with van der Waals surface area (Å²) in [5.74, 6) is 1.90. The van der Waals surface area contributed by atoms with Crippen molar-refractivity contribution in [2.24, 2.45) is 5.92 Å². The SMILES string of the molecule is CC(=O)NCC1CCN(C(=O)NCC2COc3ccccc3O2)CC1. The maximum Gasteiger partial charge on any atom is 0.317 e. The van der Waals surface area contributed by atoms with E-state index in [-0.39, 0.29) is 18.0 Å². The third-order valence-electron chi connectivity index (χ3n) is 4.59. The third kappa shape index (κ3) is 4.78. The van der Waals surface area contributed by atoms with E-state index in [1.807, 2.05) is 29.2 Å². The monoisotopic (exact) mass is 347 g/mol. The number of amides is 3. The molecule has 0 spiro atoms. The molecular formula is C18H25N3O4. The lowest BCUT2D eigenvalue weighted by Gasteiger charge is -2.33. The van der Waals surface area contributed by atoms with Gasteiger partial charge in [-0.15, -0.1) is 0 Å². The van der Waals surface area contributed by atoms with Gasteiger partial charge in [0, 0.05) is 26.6 Å². The van der Waals surface area contributed by atoms with Crippen LogP contribution in [-0.2, 0) is 4.79 Å². The zero-order valence-corrected chi connectivity index (χ0v) is 14.5. The molecule has 2 heterocycles. The number of nitrogens with zero attached hydrogens (tertiary/aromatic N) is 1. The molecule has 3 amide bonds. The smallest absolute Gasteiger partial charge is 0.317 e. The van der Waals surface area contributed by atoms with Crippen LogP contribution >= 0.6 is 0 Å². The lowest BCUT2D eigenvalue weighted by Crippen LogP contribution is -2.49. The first-order chi connectivity index (χ1) is 12.1. The number of hydrogen-bond donors (Lipinski definition) is 2. The highest BCUT2D eigenvalue weighted by Crippen LogP contribution is 2.30. The summed E-state index contributed by atoms with van der Waals surface area (Å²) >= 11 is 0. The van der Waals surface area contributed by atoms with E-state index in [0.29, 0.717) is 44.5 Å². The zero-order valence-electron chi connectivity index (χ0n) is 14.5. The lowest BCUT2D eigenvalue weighted by atomic mass is 9.97. The van der Waals surface area contributed by atoms with Crippen molar-refractivity contribution in [3.63, 3.8) is 0 Å². The highest BCUT2D eigenvalue weighted by molar-refractivity contribution is 5.74. The maximum atomic E-state index is 12.3. The van der Waals surface area contributed by atoms with Gasteiger partial charge in [0.1, 0.15) is 6.61 Å². The molecular weight excluding hydrogens is 322 g/mol. The number of likely N-dealkylation sites (tertiary alicyclic amines) is 1. The quantitative estimate of drug-likeness (QED) is 0.862. The van der Waals surface area contributed by atoms with Crippen LogP contribution in [0, 0.1) is 5.92 Å². The topological polar surface area (TPSA) is 79.9 Å². The first-order valence-corrected chi connectivity index (χ1v) is 8.77. The second kappa shape index (κ2) is 8.09. The van der Waals surface area contributed by atoms with Crippen molar-refractivity contribution in [3.8, 4) is 11.5 Å². The summed E-state index contributed by atoms with van der Waals surface area (Å²) in [4.78, 5) is 25.1. The van der Waals surface area contributed by atoms with Crippen LogP contribution < -0.4 is 20.1 Å². The van der Waals surface area contributed by atoms with Crippen LogP contribution in [0.1, 0.15) is 19.8 Å². The van der Waals surface area contributed by atoms with Gasteiger partial charge in [-0.1, -0.05) is 12.1 Å². The van der Waals surface area contributed by atoms with Crippen LogP contribution in [0.25, 0.3) is 0 Å². The third-order valence-corrected chi connectivity index (χ3v) is 4.59. The molecule has 2 aliphatic heterocycles. The van der Waals surface area contributed by atoms with Gasteiger partial charge in [0.15, 0.2) is 17.6 Å². The fourth-order valence-electron chi connectivity index (χ4n) is 3.10. The Kier molecular flexibility index (Phi) is 5.63. The highest BCUT2D eigenvalue weighted by atomic mass is 16.6. The van der Waals surface area contributed by atoms with Crippen LogP contribution in [0.5, 0.6) is 11.5 Å². The number of carbonyl (C=O) groups excluding carboxylic acids is 2. The van der Waals surface area contributed by atoms with Gasteiger partial charge in [0.25, 0.3) is 0 Å². The molecule has 0 saturated carbocycles. The Bertz CT molecular complexity index is 614. The molecule has 1 fully saturated rings. The van der Waals surface area contributed by atoms with Crippen LogP contribution in [0.2, 0.25) is 0 Å². The van der Waals surface area contributed by atoms with E-state index in [2.05, 4.69) is 10.6 Å². The van der Waals surface area contributed by atoms with Gasteiger partial charge in [-0.05, 0) is 30.9 Å². The van der Waals surface area contributed by atoms with E-state index in [9.17, 15) is 9.59 Å². The van der Waals surface area contributed by atoms with Gasteiger partial charge in [-0.2, -0.15) is 0 Å². The van der Waals surface area contributed by atoms with E-state index in [0.717, 1.165) is 18.6 Å². The second-order valence-corrected chi connectivity index (χ2v) is 6.55. The molecule has 2 N–H and O–H groups in total. The molecule has 1 aromatic carbocycles.